The molecule has 0 fully saturated rings. The Morgan fingerprint density at radius 3 is 2.73 bits per heavy atom. The fourth-order valence-electron chi connectivity index (χ4n) is 2.18. The van der Waals surface area contributed by atoms with Crippen LogP contribution < -0.4 is 5.43 Å². The van der Waals surface area contributed by atoms with Gasteiger partial charge in [-0.3, -0.25) is 0 Å². The molecule has 1 atom stereocenters. The van der Waals surface area contributed by atoms with Gasteiger partial charge in [-0.2, -0.15) is 5.10 Å². The lowest BCUT2D eigenvalue weighted by molar-refractivity contribution is 0.495. The SMILES string of the molecule is O=S(=O)(Cc1n[nH]c(=S)o1)C1=NNC[C@@H]1c1ccc(Cl)cc1. The van der Waals surface area contributed by atoms with Crippen molar-refractivity contribution in [1.82, 2.24) is 15.6 Å². The molecule has 0 saturated heterocycles. The fourth-order valence-corrected chi connectivity index (χ4v) is 3.90. The van der Waals surface area contributed by atoms with Crippen LogP contribution >= 0.6 is 23.8 Å². The number of rotatable bonds is 3. The molecule has 1 aliphatic rings. The largest absolute Gasteiger partial charge is 0.413 e. The molecule has 2 N–H and O–H groups in total. The number of hydrazone groups is 1. The number of benzene rings is 1. The average molecular weight is 359 g/mol. The van der Waals surface area contributed by atoms with Gasteiger partial charge >= 0.3 is 0 Å². The number of hydrogen-bond donors (Lipinski definition) is 2. The third-order valence-corrected chi connectivity index (χ3v) is 5.24. The number of aromatic nitrogens is 2. The molecule has 0 unspecified atom stereocenters. The number of halogens is 1. The first-order chi connectivity index (χ1) is 10.5. The maximum Gasteiger partial charge on any atom is 0.284 e. The van der Waals surface area contributed by atoms with Gasteiger partial charge in [-0.1, -0.05) is 23.7 Å². The Morgan fingerprint density at radius 1 is 1.36 bits per heavy atom. The van der Waals surface area contributed by atoms with E-state index < -0.39 is 15.6 Å². The lowest BCUT2D eigenvalue weighted by Gasteiger charge is -2.12. The molecule has 3 rings (SSSR count). The van der Waals surface area contributed by atoms with Gasteiger partial charge in [-0.05, 0) is 29.9 Å². The Morgan fingerprint density at radius 2 is 2.09 bits per heavy atom. The van der Waals surface area contributed by atoms with Crippen LogP contribution in [0.5, 0.6) is 0 Å². The van der Waals surface area contributed by atoms with Gasteiger partial charge in [-0.15, -0.1) is 5.10 Å². The average Bonchev–Trinajstić information content (AvgIpc) is 3.09. The number of nitrogens with zero attached hydrogens (tertiary/aromatic N) is 2. The number of aromatic amines is 1. The Balaban J connectivity index is 1.88. The summed E-state index contributed by atoms with van der Waals surface area (Å²) in [5, 5.41) is 10.7. The lowest BCUT2D eigenvalue weighted by atomic mass is 10.0. The molecule has 0 aliphatic carbocycles. The zero-order valence-electron chi connectivity index (χ0n) is 11.1. The molecule has 0 amide bonds. The number of nitrogens with one attached hydrogen (secondary N) is 2. The van der Waals surface area contributed by atoms with Crippen LogP contribution in [0.15, 0.2) is 33.8 Å². The molecular weight excluding hydrogens is 348 g/mol. The highest BCUT2D eigenvalue weighted by Crippen LogP contribution is 2.26. The molecule has 1 aliphatic heterocycles. The Kier molecular flexibility index (Phi) is 4.02. The molecule has 22 heavy (non-hydrogen) atoms. The van der Waals surface area contributed by atoms with Crippen molar-refractivity contribution in [2.24, 2.45) is 5.10 Å². The van der Waals surface area contributed by atoms with Crippen LogP contribution in [0.25, 0.3) is 0 Å². The molecule has 2 aromatic rings. The van der Waals surface area contributed by atoms with Crippen LogP contribution in [0.3, 0.4) is 0 Å². The van der Waals surface area contributed by atoms with E-state index in [9.17, 15) is 8.42 Å². The van der Waals surface area contributed by atoms with Crippen molar-refractivity contribution >= 4 is 38.7 Å². The normalized spacial score (nSPS) is 18.0. The van der Waals surface area contributed by atoms with E-state index in [1.165, 1.54) is 0 Å². The zero-order valence-corrected chi connectivity index (χ0v) is 13.5. The molecule has 0 radical (unpaired) electrons. The molecule has 1 aromatic heterocycles. The second kappa shape index (κ2) is 5.82. The molecule has 7 nitrogen and oxygen atoms in total. The second-order valence-electron chi connectivity index (χ2n) is 4.68. The molecule has 2 heterocycles. The van der Waals surface area contributed by atoms with Gasteiger partial charge < -0.3 is 9.84 Å². The topological polar surface area (TPSA) is 100 Å². The summed E-state index contributed by atoms with van der Waals surface area (Å²) < 4.78 is 30.0. The van der Waals surface area contributed by atoms with E-state index in [1.54, 1.807) is 24.3 Å². The van der Waals surface area contributed by atoms with E-state index >= 15 is 0 Å². The van der Waals surface area contributed by atoms with E-state index in [0.717, 1.165) is 5.56 Å². The molecule has 116 valence electrons. The van der Waals surface area contributed by atoms with Crippen molar-refractivity contribution in [2.75, 3.05) is 6.54 Å². The van der Waals surface area contributed by atoms with Crippen molar-refractivity contribution in [2.45, 2.75) is 11.7 Å². The van der Waals surface area contributed by atoms with Gasteiger partial charge in [0.05, 0.1) is 5.92 Å². The van der Waals surface area contributed by atoms with Crippen molar-refractivity contribution in [3.8, 4) is 0 Å². The number of hydrogen-bond acceptors (Lipinski definition) is 7. The number of H-pyrrole nitrogens is 1. The maximum atomic E-state index is 12.5. The summed E-state index contributed by atoms with van der Waals surface area (Å²) in [5.74, 6) is -0.760. The molecule has 10 heteroatoms. The third kappa shape index (κ3) is 3.06. The number of sulfone groups is 1. The molecule has 1 aromatic carbocycles. The second-order valence-corrected chi connectivity index (χ2v) is 7.43. The maximum absolute atomic E-state index is 12.5. The zero-order chi connectivity index (χ0) is 15.7. The first-order valence-electron chi connectivity index (χ1n) is 6.29. The van der Waals surface area contributed by atoms with Crippen LogP contribution in [0.1, 0.15) is 17.4 Å². The lowest BCUT2D eigenvalue weighted by Crippen LogP contribution is -2.23. The standard InChI is InChI=1S/C12H11ClN4O3S2/c13-8-3-1-7(2-4-8)9-5-14-16-11(9)22(18,19)6-10-15-17-12(21)20-10/h1-4,9,14H,5-6H2,(H,17,21)/t9-/m1/s1. The van der Waals surface area contributed by atoms with E-state index in [-0.39, 0.29) is 21.7 Å². The predicted octanol–water partition coefficient (Wildman–Crippen LogP) is 2.00. The summed E-state index contributed by atoms with van der Waals surface area (Å²) in [4.78, 5) is 0.0333. The first-order valence-corrected chi connectivity index (χ1v) is 8.72. The van der Waals surface area contributed by atoms with Gasteiger partial charge in [0, 0.05) is 11.6 Å². The first kappa shape index (κ1) is 15.2. The monoisotopic (exact) mass is 358 g/mol. The fraction of sp³-hybridized carbons (Fsp3) is 0.250. The Hall–Kier alpha value is -1.71. The van der Waals surface area contributed by atoms with Crippen molar-refractivity contribution in [1.29, 1.82) is 0 Å². The van der Waals surface area contributed by atoms with Crippen molar-refractivity contribution in [3.63, 3.8) is 0 Å². The highest BCUT2D eigenvalue weighted by Gasteiger charge is 2.34. The highest BCUT2D eigenvalue weighted by atomic mass is 35.5. The summed E-state index contributed by atoms with van der Waals surface area (Å²) in [6, 6.07) is 6.99. The minimum absolute atomic E-state index is 0.00876. The van der Waals surface area contributed by atoms with Gasteiger partial charge in [0.1, 0.15) is 5.75 Å². The molecule has 0 spiro atoms. The van der Waals surface area contributed by atoms with Crippen LogP contribution in [0, 0.1) is 4.84 Å². The summed E-state index contributed by atoms with van der Waals surface area (Å²) >= 11 is 10.6. The van der Waals surface area contributed by atoms with Crippen LogP contribution in [-0.2, 0) is 15.6 Å². The smallest absolute Gasteiger partial charge is 0.284 e. The summed E-state index contributed by atoms with van der Waals surface area (Å²) in [5.41, 5.74) is 3.55. The summed E-state index contributed by atoms with van der Waals surface area (Å²) in [6.07, 6.45) is 0. The van der Waals surface area contributed by atoms with Gasteiger partial charge in [0.25, 0.3) is 4.84 Å². The van der Waals surface area contributed by atoms with Gasteiger partial charge in [0.15, 0.2) is 5.04 Å². The Bertz CT molecular complexity index is 870. The summed E-state index contributed by atoms with van der Waals surface area (Å²) in [6.45, 7) is 0.403. The predicted molar refractivity (Wildman–Crippen MR) is 83.9 cm³/mol. The van der Waals surface area contributed by atoms with E-state index in [4.69, 9.17) is 28.2 Å². The molecular formula is C12H11ClN4O3S2. The van der Waals surface area contributed by atoms with Gasteiger partial charge in [0.2, 0.25) is 15.7 Å². The summed E-state index contributed by atoms with van der Waals surface area (Å²) in [7, 11) is -3.68. The van der Waals surface area contributed by atoms with Crippen LogP contribution in [-0.4, -0.2) is 30.2 Å². The quantitative estimate of drug-likeness (QED) is 0.814. The van der Waals surface area contributed by atoms with Crippen molar-refractivity contribution in [3.05, 3.63) is 45.6 Å². The minimum atomic E-state index is -3.68. The van der Waals surface area contributed by atoms with Crippen LogP contribution in [0.4, 0.5) is 0 Å². The van der Waals surface area contributed by atoms with E-state index in [0.29, 0.717) is 11.6 Å². The molecule has 0 saturated carbocycles. The van der Waals surface area contributed by atoms with Crippen LogP contribution in [0.2, 0.25) is 5.02 Å². The molecule has 0 bridgehead atoms. The Labute approximate surface area is 136 Å². The highest BCUT2D eigenvalue weighted by molar-refractivity contribution is 8.05. The van der Waals surface area contributed by atoms with E-state index in [1.807, 2.05) is 0 Å². The third-order valence-electron chi connectivity index (χ3n) is 3.17. The van der Waals surface area contributed by atoms with Gasteiger partial charge in [-0.25, -0.2) is 13.5 Å². The van der Waals surface area contributed by atoms with Crippen molar-refractivity contribution < 1.29 is 12.8 Å². The van der Waals surface area contributed by atoms with E-state index in [2.05, 4.69) is 20.7 Å². The minimum Gasteiger partial charge on any atom is -0.413 e.